The number of pyridine rings is 1. The second-order valence-corrected chi connectivity index (χ2v) is 5.84. The van der Waals surface area contributed by atoms with Gasteiger partial charge >= 0.3 is 6.03 Å². The fraction of sp³-hybridized carbons (Fsp3) is 0.368. The Morgan fingerprint density at radius 1 is 1.28 bits per heavy atom. The summed E-state index contributed by atoms with van der Waals surface area (Å²) in [4.78, 5) is 18.4. The Balaban J connectivity index is 1.91. The topological polar surface area (TPSA) is 54.5 Å². The molecule has 1 aromatic heterocycles. The average Bonchev–Trinajstić information content (AvgIpc) is 2.62. The van der Waals surface area contributed by atoms with Crippen molar-refractivity contribution >= 4 is 6.03 Å². The summed E-state index contributed by atoms with van der Waals surface area (Å²) in [7, 11) is 0. The molecule has 0 aliphatic carbocycles. The zero-order valence-corrected chi connectivity index (χ0v) is 14.8. The van der Waals surface area contributed by atoms with Crippen LogP contribution in [0.2, 0.25) is 0 Å². The number of para-hydroxylation sites is 1. The van der Waals surface area contributed by atoms with Crippen LogP contribution in [0.4, 0.5) is 9.18 Å². The van der Waals surface area contributed by atoms with E-state index in [0.29, 0.717) is 6.54 Å². The van der Waals surface area contributed by atoms with E-state index in [1.54, 1.807) is 35.5 Å². The molecule has 0 fully saturated rings. The van der Waals surface area contributed by atoms with E-state index in [4.69, 9.17) is 4.74 Å². The van der Waals surface area contributed by atoms with Crippen LogP contribution in [-0.4, -0.2) is 35.1 Å². The number of amides is 2. The minimum atomic E-state index is -0.415. The Bertz CT molecular complexity index is 681. The van der Waals surface area contributed by atoms with E-state index in [1.165, 1.54) is 6.07 Å². The maximum atomic E-state index is 13.6. The Morgan fingerprint density at radius 2 is 2.04 bits per heavy atom. The van der Waals surface area contributed by atoms with E-state index in [9.17, 15) is 9.18 Å². The van der Waals surface area contributed by atoms with Crippen molar-refractivity contribution in [2.45, 2.75) is 32.9 Å². The highest BCUT2D eigenvalue weighted by Gasteiger charge is 2.21. The van der Waals surface area contributed by atoms with Gasteiger partial charge in [0.25, 0.3) is 0 Å². The lowest BCUT2D eigenvalue weighted by atomic mass is 10.1. The molecule has 25 heavy (non-hydrogen) atoms. The van der Waals surface area contributed by atoms with E-state index in [0.717, 1.165) is 5.56 Å². The van der Waals surface area contributed by atoms with Gasteiger partial charge in [0.05, 0.1) is 12.1 Å². The van der Waals surface area contributed by atoms with Crippen LogP contribution in [0.3, 0.4) is 0 Å². The van der Waals surface area contributed by atoms with Gasteiger partial charge in [-0.25, -0.2) is 9.18 Å². The molecule has 0 bridgehead atoms. The lowest BCUT2D eigenvalue weighted by molar-refractivity contribution is 0.173. The number of hydrogen-bond acceptors (Lipinski definition) is 3. The second-order valence-electron chi connectivity index (χ2n) is 5.84. The third-order valence-electron chi connectivity index (χ3n) is 3.93. The summed E-state index contributed by atoms with van der Waals surface area (Å²) in [6.07, 6.45) is 3.46. The largest absolute Gasteiger partial charge is 0.488 e. The maximum absolute atomic E-state index is 13.6. The normalized spacial score (nSPS) is 13.0. The quantitative estimate of drug-likeness (QED) is 0.831. The zero-order valence-electron chi connectivity index (χ0n) is 14.8. The van der Waals surface area contributed by atoms with Gasteiger partial charge in [-0.15, -0.1) is 0 Å². The van der Waals surface area contributed by atoms with Crippen molar-refractivity contribution in [1.29, 1.82) is 0 Å². The molecule has 134 valence electrons. The highest BCUT2D eigenvalue weighted by Crippen LogP contribution is 2.19. The first-order valence-corrected chi connectivity index (χ1v) is 8.37. The monoisotopic (exact) mass is 345 g/mol. The van der Waals surface area contributed by atoms with E-state index in [2.05, 4.69) is 10.3 Å². The molecule has 0 aliphatic rings. The molecule has 0 spiro atoms. The molecule has 1 aromatic carbocycles. The summed E-state index contributed by atoms with van der Waals surface area (Å²) in [5.74, 6) is -0.235. The van der Waals surface area contributed by atoms with Crippen LogP contribution in [-0.2, 0) is 0 Å². The molecule has 1 heterocycles. The van der Waals surface area contributed by atoms with Crippen LogP contribution >= 0.6 is 0 Å². The first kappa shape index (κ1) is 18.7. The Kier molecular flexibility index (Phi) is 6.74. The first-order valence-electron chi connectivity index (χ1n) is 8.37. The number of hydrogen-bond donors (Lipinski definition) is 1. The van der Waals surface area contributed by atoms with Crippen LogP contribution in [0.5, 0.6) is 5.75 Å². The molecule has 2 rings (SSSR count). The van der Waals surface area contributed by atoms with Crippen LogP contribution in [0.15, 0.2) is 48.8 Å². The van der Waals surface area contributed by atoms with E-state index in [-0.39, 0.29) is 30.5 Å². The lowest BCUT2D eigenvalue weighted by Crippen LogP contribution is -2.46. The first-order chi connectivity index (χ1) is 12.0. The number of carbonyl (C=O) groups excluding carboxylic acids is 1. The van der Waals surface area contributed by atoms with Gasteiger partial charge in [0.15, 0.2) is 11.6 Å². The van der Waals surface area contributed by atoms with Crippen molar-refractivity contribution in [1.82, 2.24) is 15.2 Å². The van der Waals surface area contributed by atoms with Crippen molar-refractivity contribution in [2.24, 2.45) is 0 Å². The highest BCUT2D eigenvalue weighted by molar-refractivity contribution is 5.75. The third-order valence-corrected chi connectivity index (χ3v) is 3.93. The minimum absolute atomic E-state index is 0.0987. The number of aromatic nitrogens is 1. The third kappa shape index (κ3) is 5.17. The second kappa shape index (κ2) is 9.01. The van der Waals surface area contributed by atoms with E-state index >= 15 is 0 Å². The predicted molar refractivity (Wildman–Crippen MR) is 94.9 cm³/mol. The molecule has 2 aromatic rings. The SMILES string of the molecule is CCN(C(=O)N[C@@H](C)COc1ccccc1F)[C@H](C)c1cccnc1. The number of carbonyl (C=O) groups is 1. The van der Waals surface area contributed by atoms with Gasteiger partial charge in [-0.05, 0) is 44.5 Å². The number of nitrogens with zero attached hydrogens (tertiary/aromatic N) is 2. The van der Waals surface area contributed by atoms with Crippen molar-refractivity contribution < 1.29 is 13.9 Å². The van der Waals surface area contributed by atoms with Crippen molar-refractivity contribution in [2.75, 3.05) is 13.2 Å². The van der Waals surface area contributed by atoms with Crippen molar-refractivity contribution in [3.63, 3.8) is 0 Å². The number of nitrogens with one attached hydrogen (secondary N) is 1. The van der Waals surface area contributed by atoms with Crippen LogP contribution in [0.25, 0.3) is 0 Å². The molecule has 0 aliphatic heterocycles. The number of rotatable bonds is 7. The molecule has 0 unspecified atom stereocenters. The molecule has 0 radical (unpaired) electrons. The minimum Gasteiger partial charge on any atom is -0.488 e. The smallest absolute Gasteiger partial charge is 0.318 e. The van der Waals surface area contributed by atoms with Gasteiger partial charge in [0.1, 0.15) is 6.61 Å². The maximum Gasteiger partial charge on any atom is 0.318 e. The van der Waals surface area contributed by atoms with Crippen LogP contribution in [0, 0.1) is 5.82 Å². The molecule has 2 atom stereocenters. The predicted octanol–water partition coefficient (Wildman–Crippen LogP) is 3.78. The average molecular weight is 345 g/mol. The van der Waals surface area contributed by atoms with Crippen LogP contribution in [0.1, 0.15) is 32.4 Å². The summed E-state index contributed by atoms with van der Waals surface area (Å²) in [6.45, 7) is 6.45. The number of benzene rings is 1. The number of urea groups is 1. The summed E-state index contributed by atoms with van der Waals surface area (Å²) >= 11 is 0. The summed E-state index contributed by atoms with van der Waals surface area (Å²) in [5, 5.41) is 2.89. The van der Waals surface area contributed by atoms with Crippen LogP contribution < -0.4 is 10.1 Å². The van der Waals surface area contributed by atoms with E-state index < -0.39 is 5.82 Å². The van der Waals surface area contributed by atoms with Crippen molar-refractivity contribution in [3.05, 3.63) is 60.2 Å². The molecule has 5 nitrogen and oxygen atoms in total. The molecule has 6 heteroatoms. The molecule has 0 saturated heterocycles. The summed E-state index contributed by atoms with van der Waals surface area (Å²) < 4.78 is 19.0. The van der Waals surface area contributed by atoms with Gasteiger partial charge in [-0.1, -0.05) is 18.2 Å². The Hall–Kier alpha value is -2.63. The van der Waals surface area contributed by atoms with Gasteiger partial charge in [0.2, 0.25) is 0 Å². The Morgan fingerprint density at radius 3 is 2.68 bits per heavy atom. The Labute approximate surface area is 147 Å². The van der Waals surface area contributed by atoms with Crippen molar-refractivity contribution in [3.8, 4) is 5.75 Å². The molecular weight excluding hydrogens is 321 g/mol. The molecule has 1 N–H and O–H groups in total. The summed E-state index contributed by atoms with van der Waals surface area (Å²) in [6, 6.07) is 9.45. The molecular formula is C19H24FN3O2. The highest BCUT2D eigenvalue weighted by atomic mass is 19.1. The standard InChI is InChI=1S/C19H24FN3O2/c1-4-23(15(3)16-8-7-11-21-12-16)19(24)22-14(2)13-25-18-10-6-5-9-17(18)20/h5-12,14-15H,4,13H2,1-3H3,(H,22,24)/t14-,15+/m0/s1. The molecule has 0 saturated carbocycles. The number of ether oxygens (including phenoxy) is 1. The summed E-state index contributed by atoms with van der Waals surface area (Å²) in [5.41, 5.74) is 0.967. The number of halogens is 1. The fourth-order valence-electron chi connectivity index (χ4n) is 2.51. The van der Waals surface area contributed by atoms with Gasteiger partial charge < -0.3 is 15.0 Å². The van der Waals surface area contributed by atoms with E-state index in [1.807, 2.05) is 32.9 Å². The van der Waals surface area contributed by atoms with Gasteiger partial charge in [-0.2, -0.15) is 0 Å². The van der Waals surface area contributed by atoms with Gasteiger partial charge in [0, 0.05) is 18.9 Å². The fourth-order valence-corrected chi connectivity index (χ4v) is 2.51. The zero-order chi connectivity index (χ0) is 18.2. The lowest BCUT2D eigenvalue weighted by Gasteiger charge is -2.29. The van der Waals surface area contributed by atoms with Gasteiger partial charge in [-0.3, -0.25) is 4.98 Å². The molecule has 2 amide bonds.